The van der Waals surface area contributed by atoms with Gasteiger partial charge in [0.05, 0.1) is 11.6 Å². The third-order valence-electron chi connectivity index (χ3n) is 4.05. The molecule has 1 N–H and O–H groups in total. The van der Waals surface area contributed by atoms with E-state index in [9.17, 15) is 4.79 Å². The Morgan fingerprint density at radius 1 is 1.04 bits per heavy atom. The number of carbonyl (C=O) groups is 1. The van der Waals surface area contributed by atoms with Crippen LogP contribution in [0.25, 0.3) is 0 Å². The van der Waals surface area contributed by atoms with E-state index in [-0.39, 0.29) is 11.9 Å². The first kappa shape index (κ1) is 16.6. The van der Waals surface area contributed by atoms with Gasteiger partial charge in [-0.1, -0.05) is 18.2 Å². The van der Waals surface area contributed by atoms with E-state index >= 15 is 0 Å². The maximum Gasteiger partial charge on any atom is 0.253 e. The van der Waals surface area contributed by atoms with Gasteiger partial charge >= 0.3 is 0 Å². The van der Waals surface area contributed by atoms with Crippen molar-refractivity contribution in [2.45, 2.75) is 13.0 Å². The lowest BCUT2D eigenvalue weighted by Crippen LogP contribution is -2.26. The second-order valence-corrected chi connectivity index (χ2v) is 5.78. The van der Waals surface area contributed by atoms with Crippen LogP contribution in [-0.2, 0) is 0 Å². The monoisotopic (exact) mass is 332 g/mol. The third-order valence-corrected chi connectivity index (χ3v) is 4.05. The van der Waals surface area contributed by atoms with Gasteiger partial charge in [-0.25, -0.2) is 4.98 Å². The average molecular weight is 332 g/mol. The number of rotatable bonds is 5. The zero-order valence-corrected chi connectivity index (χ0v) is 14.3. The van der Waals surface area contributed by atoms with Gasteiger partial charge in [0.2, 0.25) is 0 Å². The minimum atomic E-state index is -0.147. The molecule has 3 rings (SSSR count). The Labute approximate surface area is 147 Å². The summed E-state index contributed by atoms with van der Waals surface area (Å²) < 4.78 is 0. The summed E-state index contributed by atoms with van der Waals surface area (Å²) in [6.45, 7) is 1.94. The van der Waals surface area contributed by atoms with Crippen molar-refractivity contribution in [1.82, 2.24) is 15.3 Å². The highest BCUT2D eigenvalue weighted by Gasteiger charge is 2.12. The number of aromatic nitrogens is 2. The summed E-state index contributed by atoms with van der Waals surface area (Å²) in [7, 11) is 1.95. The molecule has 0 radical (unpaired) electrons. The predicted molar refractivity (Wildman–Crippen MR) is 98.9 cm³/mol. The summed E-state index contributed by atoms with van der Waals surface area (Å²) in [4.78, 5) is 22.8. The second-order valence-electron chi connectivity index (χ2n) is 5.78. The lowest BCUT2D eigenvalue weighted by Gasteiger charge is -2.18. The summed E-state index contributed by atoms with van der Waals surface area (Å²) in [6.07, 6.45) is 5.03. The number of anilines is 2. The average Bonchev–Trinajstić information content (AvgIpc) is 2.69. The van der Waals surface area contributed by atoms with Gasteiger partial charge in [0.15, 0.2) is 0 Å². The van der Waals surface area contributed by atoms with Gasteiger partial charge in [-0.15, -0.1) is 0 Å². The number of amides is 1. The van der Waals surface area contributed by atoms with Crippen molar-refractivity contribution in [2.75, 3.05) is 11.9 Å². The molecule has 0 bridgehead atoms. The highest BCUT2D eigenvalue weighted by atomic mass is 16.1. The third kappa shape index (κ3) is 4.01. The van der Waals surface area contributed by atoms with Crippen molar-refractivity contribution in [3.8, 4) is 0 Å². The number of carbonyl (C=O) groups excluding carboxylic acids is 1. The van der Waals surface area contributed by atoms with Gasteiger partial charge in [-0.3, -0.25) is 9.78 Å². The van der Waals surface area contributed by atoms with E-state index in [0.717, 1.165) is 17.1 Å². The summed E-state index contributed by atoms with van der Waals surface area (Å²) in [6, 6.07) is 17.3. The molecule has 0 aliphatic heterocycles. The molecule has 2 heterocycles. The van der Waals surface area contributed by atoms with Crippen LogP contribution in [0, 0.1) is 0 Å². The minimum Gasteiger partial charge on any atom is -0.345 e. The Balaban J connectivity index is 1.68. The number of nitrogens with zero attached hydrogens (tertiary/aromatic N) is 3. The molecule has 0 fully saturated rings. The first-order valence-corrected chi connectivity index (χ1v) is 8.11. The van der Waals surface area contributed by atoms with Crippen molar-refractivity contribution < 1.29 is 4.79 Å². The second kappa shape index (κ2) is 7.57. The van der Waals surface area contributed by atoms with Crippen LogP contribution in [0.1, 0.15) is 28.9 Å². The van der Waals surface area contributed by atoms with Crippen molar-refractivity contribution >= 4 is 17.4 Å². The molecule has 1 atom stereocenters. The first-order chi connectivity index (χ1) is 12.1. The molecule has 3 aromatic rings. The quantitative estimate of drug-likeness (QED) is 0.773. The van der Waals surface area contributed by atoms with Gasteiger partial charge in [0.1, 0.15) is 5.82 Å². The van der Waals surface area contributed by atoms with E-state index in [1.54, 1.807) is 24.7 Å². The summed E-state index contributed by atoms with van der Waals surface area (Å²) in [5.41, 5.74) is 2.58. The summed E-state index contributed by atoms with van der Waals surface area (Å²) in [5.74, 6) is 0.635. The van der Waals surface area contributed by atoms with Crippen LogP contribution in [0.4, 0.5) is 11.5 Å². The molecule has 1 amide bonds. The number of pyridine rings is 2. The fraction of sp³-hybridized carbons (Fsp3) is 0.150. The molecular formula is C20H20N4O. The van der Waals surface area contributed by atoms with Gasteiger partial charge in [-0.05, 0) is 48.9 Å². The SMILES string of the molecule is C[C@@H](NC(=O)c1ccc(N(C)c2ccccc2)nc1)c1ccncc1. The molecular weight excluding hydrogens is 312 g/mol. The van der Waals surface area contributed by atoms with Crippen molar-refractivity contribution in [3.05, 3.63) is 84.3 Å². The lowest BCUT2D eigenvalue weighted by molar-refractivity contribution is 0.0939. The van der Waals surface area contributed by atoms with E-state index in [1.165, 1.54) is 0 Å². The summed E-state index contributed by atoms with van der Waals surface area (Å²) >= 11 is 0. The lowest BCUT2D eigenvalue weighted by atomic mass is 10.1. The van der Waals surface area contributed by atoms with E-state index < -0.39 is 0 Å². The molecule has 0 aliphatic rings. The van der Waals surface area contributed by atoms with Gasteiger partial charge < -0.3 is 10.2 Å². The van der Waals surface area contributed by atoms with Crippen molar-refractivity contribution in [1.29, 1.82) is 0 Å². The number of nitrogens with one attached hydrogen (secondary N) is 1. The number of hydrogen-bond donors (Lipinski definition) is 1. The first-order valence-electron chi connectivity index (χ1n) is 8.11. The van der Waals surface area contributed by atoms with E-state index in [4.69, 9.17) is 0 Å². The fourth-order valence-corrected chi connectivity index (χ4v) is 2.52. The molecule has 1 aromatic carbocycles. The van der Waals surface area contributed by atoms with Crippen molar-refractivity contribution in [3.63, 3.8) is 0 Å². The predicted octanol–water partition coefficient (Wildman–Crippen LogP) is 3.74. The van der Waals surface area contributed by atoms with E-state index in [1.807, 2.05) is 67.4 Å². The molecule has 0 unspecified atom stereocenters. The number of benzene rings is 1. The molecule has 25 heavy (non-hydrogen) atoms. The topological polar surface area (TPSA) is 58.1 Å². The molecule has 0 saturated heterocycles. The molecule has 0 aliphatic carbocycles. The van der Waals surface area contributed by atoms with Crippen LogP contribution in [0.15, 0.2) is 73.2 Å². The molecule has 5 nitrogen and oxygen atoms in total. The van der Waals surface area contributed by atoms with Crippen LogP contribution in [-0.4, -0.2) is 22.9 Å². The van der Waals surface area contributed by atoms with E-state index in [0.29, 0.717) is 5.56 Å². The zero-order valence-electron chi connectivity index (χ0n) is 14.3. The minimum absolute atomic E-state index is 0.0952. The Morgan fingerprint density at radius 3 is 2.40 bits per heavy atom. The highest BCUT2D eigenvalue weighted by molar-refractivity contribution is 5.94. The smallest absolute Gasteiger partial charge is 0.253 e. The molecule has 126 valence electrons. The number of hydrogen-bond acceptors (Lipinski definition) is 4. The standard InChI is InChI=1S/C20H20N4O/c1-15(16-10-12-21-13-11-16)23-20(25)17-8-9-19(22-14-17)24(2)18-6-4-3-5-7-18/h3-15H,1-2H3,(H,23,25)/t15-/m1/s1. The molecule has 0 spiro atoms. The van der Waals surface area contributed by atoms with Crippen LogP contribution in [0.2, 0.25) is 0 Å². The van der Waals surface area contributed by atoms with Gasteiger partial charge in [-0.2, -0.15) is 0 Å². The van der Waals surface area contributed by atoms with Gasteiger partial charge in [0.25, 0.3) is 5.91 Å². The number of para-hydroxylation sites is 1. The highest BCUT2D eigenvalue weighted by Crippen LogP contribution is 2.21. The molecule has 0 saturated carbocycles. The Hall–Kier alpha value is -3.21. The molecule has 5 heteroatoms. The maximum atomic E-state index is 12.4. The Bertz CT molecular complexity index is 819. The van der Waals surface area contributed by atoms with Crippen molar-refractivity contribution in [2.24, 2.45) is 0 Å². The zero-order chi connectivity index (χ0) is 17.6. The van der Waals surface area contributed by atoms with E-state index in [2.05, 4.69) is 15.3 Å². The normalized spacial score (nSPS) is 11.6. The van der Waals surface area contributed by atoms with Crippen LogP contribution in [0.3, 0.4) is 0 Å². The Morgan fingerprint density at radius 2 is 1.76 bits per heavy atom. The summed E-state index contributed by atoms with van der Waals surface area (Å²) in [5, 5.41) is 2.97. The Kier molecular flexibility index (Phi) is 5.04. The van der Waals surface area contributed by atoms with Crippen LogP contribution >= 0.6 is 0 Å². The van der Waals surface area contributed by atoms with Gasteiger partial charge in [0, 0.05) is 31.3 Å². The molecule has 2 aromatic heterocycles. The van der Waals surface area contributed by atoms with Crippen LogP contribution < -0.4 is 10.2 Å². The largest absolute Gasteiger partial charge is 0.345 e. The van der Waals surface area contributed by atoms with Crippen LogP contribution in [0.5, 0.6) is 0 Å². The maximum absolute atomic E-state index is 12.4. The fourth-order valence-electron chi connectivity index (χ4n) is 2.52.